The molecule has 1 amide bonds. The van der Waals surface area contributed by atoms with Crippen LogP contribution in [-0.4, -0.2) is 44.6 Å². The average molecular weight is 297 g/mol. The van der Waals surface area contributed by atoms with Crippen LogP contribution in [0.4, 0.5) is 0 Å². The van der Waals surface area contributed by atoms with Gasteiger partial charge in [-0.1, -0.05) is 5.16 Å². The van der Waals surface area contributed by atoms with Gasteiger partial charge < -0.3 is 10.9 Å². The summed E-state index contributed by atoms with van der Waals surface area (Å²) in [7, 11) is 0. The molecule has 0 aliphatic heterocycles. The van der Waals surface area contributed by atoms with Crippen molar-refractivity contribution in [3.8, 4) is 0 Å². The number of rotatable bonds is 1. The Morgan fingerprint density at radius 1 is 1.86 bits per heavy atom. The summed E-state index contributed by atoms with van der Waals surface area (Å²) in [5.41, 5.74) is 4.45. The molecular weight excluding hydrogens is 291 g/mol. The van der Waals surface area contributed by atoms with Crippen molar-refractivity contribution < 1.29 is 10.0 Å². The molecule has 0 aromatic rings. The molecule has 7 heavy (non-hydrogen) atoms. The van der Waals surface area contributed by atoms with Crippen molar-refractivity contribution in [2.45, 2.75) is 0 Å². The van der Waals surface area contributed by atoms with E-state index < -0.39 is 5.91 Å². The van der Waals surface area contributed by atoms with Crippen LogP contribution < -0.4 is 5.73 Å². The molecule has 4 nitrogen and oxygen atoms in total. The predicted octanol–water partition coefficient (Wildman–Crippen LogP) is -1.98. The SMILES string of the molecule is NC(=O)C=NO.[PbH2]. The van der Waals surface area contributed by atoms with Crippen LogP contribution in [0.5, 0.6) is 0 Å². The number of oxime groups is 1. The average Bonchev–Trinajstić information content (AvgIpc) is 1.35. The molecule has 0 fully saturated rings. The van der Waals surface area contributed by atoms with Gasteiger partial charge in [-0.15, -0.1) is 0 Å². The van der Waals surface area contributed by atoms with Crippen molar-refractivity contribution in [2.75, 3.05) is 0 Å². The molecule has 0 unspecified atom stereocenters. The zero-order chi connectivity index (χ0) is 4.99. The second-order valence-corrected chi connectivity index (χ2v) is 0.647. The molecule has 0 atom stereocenters. The summed E-state index contributed by atoms with van der Waals surface area (Å²) in [5.74, 6) is -0.752. The summed E-state index contributed by atoms with van der Waals surface area (Å²) in [6.07, 6.45) is 0.611. The number of hydrogen-bond acceptors (Lipinski definition) is 3. The summed E-state index contributed by atoms with van der Waals surface area (Å²) < 4.78 is 0. The summed E-state index contributed by atoms with van der Waals surface area (Å²) in [5, 5.41) is 9.84. The zero-order valence-electron chi connectivity index (χ0n) is 3.66. The standard InChI is InChI=1S/C2H4N2O2.Pb.2H/c3-2(5)1-4-6;;;/h1,6H,(H2,3,5);;;. The molecule has 0 rings (SSSR count). The van der Waals surface area contributed by atoms with Crippen molar-refractivity contribution in [1.82, 2.24) is 0 Å². The first-order valence-corrected chi connectivity index (χ1v) is 1.24. The van der Waals surface area contributed by atoms with Crippen molar-refractivity contribution in [3.63, 3.8) is 0 Å². The Balaban J connectivity index is 0. The van der Waals surface area contributed by atoms with E-state index in [0.717, 1.165) is 0 Å². The van der Waals surface area contributed by atoms with Crippen LogP contribution in [0.1, 0.15) is 0 Å². The molecule has 0 heterocycles. The quantitative estimate of drug-likeness (QED) is 0.255. The molecule has 40 valence electrons. The van der Waals surface area contributed by atoms with Crippen LogP contribution >= 0.6 is 0 Å². The molecule has 0 saturated heterocycles. The fourth-order valence-corrected chi connectivity index (χ4v) is 0.0569. The number of carbonyl (C=O) groups is 1. The van der Waals surface area contributed by atoms with Gasteiger partial charge in [-0.05, 0) is 0 Å². The Bertz CT molecular complexity index is 81.8. The van der Waals surface area contributed by atoms with E-state index in [-0.39, 0.29) is 27.3 Å². The van der Waals surface area contributed by atoms with E-state index in [0.29, 0.717) is 6.21 Å². The van der Waals surface area contributed by atoms with Crippen LogP contribution in [-0.2, 0) is 4.79 Å². The Morgan fingerprint density at radius 2 is 2.29 bits per heavy atom. The van der Waals surface area contributed by atoms with Crippen molar-refractivity contribution in [1.29, 1.82) is 0 Å². The van der Waals surface area contributed by atoms with Crippen LogP contribution in [0.2, 0.25) is 0 Å². The van der Waals surface area contributed by atoms with Gasteiger partial charge in [0, 0.05) is 0 Å². The third-order valence-corrected chi connectivity index (χ3v) is 0.185. The van der Waals surface area contributed by atoms with Gasteiger partial charge in [0.1, 0.15) is 6.21 Å². The first kappa shape index (κ1) is 9.98. The topological polar surface area (TPSA) is 75.7 Å². The maximum atomic E-state index is 9.51. The maximum absolute atomic E-state index is 9.51. The number of nitrogens with zero attached hydrogens (tertiary/aromatic N) is 1. The van der Waals surface area contributed by atoms with E-state index in [4.69, 9.17) is 5.21 Å². The number of amides is 1. The van der Waals surface area contributed by atoms with Gasteiger partial charge in [-0.3, -0.25) is 4.79 Å². The second-order valence-electron chi connectivity index (χ2n) is 0.647. The molecule has 0 aliphatic carbocycles. The monoisotopic (exact) mass is 298 g/mol. The minimum atomic E-state index is -0.752. The Morgan fingerprint density at radius 3 is 2.29 bits per heavy atom. The van der Waals surface area contributed by atoms with Gasteiger partial charge in [0.05, 0.1) is 0 Å². The van der Waals surface area contributed by atoms with E-state index in [2.05, 4.69) is 10.9 Å². The minimum absolute atomic E-state index is 0. The fraction of sp³-hybridized carbons (Fsp3) is 0. The molecule has 0 spiro atoms. The van der Waals surface area contributed by atoms with Crippen LogP contribution in [0.3, 0.4) is 0 Å². The van der Waals surface area contributed by atoms with E-state index in [1.807, 2.05) is 0 Å². The van der Waals surface area contributed by atoms with Gasteiger partial charge in [0.15, 0.2) is 0 Å². The first-order chi connectivity index (χ1) is 2.77. The fourth-order valence-electron chi connectivity index (χ4n) is 0.0569. The molecular formula is C2H6N2O2Pb. The van der Waals surface area contributed by atoms with Crippen LogP contribution in [0.25, 0.3) is 0 Å². The molecule has 2 radical (unpaired) electrons. The zero-order valence-corrected chi connectivity index (χ0v) is 9.16. The Kier molecular flexibility index (Phi) is 8.35. The predicted molar refractivity (Wildman–Crippen MR) is 28.0 cm³/mol. The summed E-state index contributed by atoms with van der Waals surface area (Å²) in [6.45, 7) is 0. The van der Waals surface area contributed by atoms with Gasteiger partial charge in [-0.2, -0.15) is 0 Å². The Hall–Kier alpha value is -0.138. The van der Waals surface area contributed by atoms with E-state index in [1.165, 1.54) is 0 Å². The molecule has 0 saturated carbocycles. The van der Waals surface area contributed by atoms with Gasteiger partial charge in [-0.25, -0.2) is 0 Å². The molecule has 0 aliphatic rings. The molecule has 5 heteroatoms. The normalized spacial score (nSPS) is 8.00. The second kappa shape index (κ2) is 5.86. The van der Waals surface area contributed by atoms with E-state index in [1.54, 1.807) is 0 Å². The summed E-state index contributed by atoms with van der Waals surface area (Å²) >= 11 is 0. The third kappa shape index (κ3) is 10.7. The number of carbonyl (C=O) groups excluding carboxylic acids is 1. The number of hydrogen-bond donors (Lipinski definition) is 2. The summed E-state index contributed by atoms with van der Waals surface area (Å²) in [4.78, 5) is 9.51. The number of nitrogens with two attached hydrogens (primary N) is 1. The molecule has 0 aromatic heterocycles. The Labute approximate surface area is 60.5 Å². The van der Waals surface area contributed by atoms with Crippen molar-refractivity contribution >= 4 is 39.4 Å². The molecule has 0 aromatic carbocycles. The van der Waals surface area contributed by atoms with E-state index >= 15 is 0 Å². The van der Waals surface area contributed by atoms with Crippen molar-refractivity contribution in [2.24, 2.45) is 10.9 Å². The molecule has 0 bridgehead atoms. The van der Waals surface area contributed by atoms with Crippen LogP contribution in [0, 0.1) is 0 Å². The van der Waals surface area contributed by atoms with Gasteiger partial charge in [0.25, 0.3) is 5.91 Å². The third-order valence-electron chi connectivity index (χ3n) is 0.185. The first-order valence-electron chi connectivity index (χ1n) is 1.24. The van der Waals surface area contributed by atoms with Crippen molar-refractivity contribution in [3.05, 3.63) is 0 Å². The van der Waals surface area contributed by atoms with Crippen LogP contribution in [0.15, 0.2) is 5.16 Å². The van der Waals surface area contributed by atoms with Gasteiger partial charge >= 0.3 is 27.3 Å². The number of primary amides is 1. The van der Waals surface area contributed by atoms with Gasteiger partial charge in [0.2, 0.25) is 0 Å². The molecule has 3 N–H and O–H groups in total. The summed E-state index contributed by atoms with van der Waals surface area (Å²) in [6, 6.07) is 0. The van der Waals surface area contributed by atoms with E-state index in [9.17, 15) is 4.79 Å².